The summed E-state index contributed by atoms with van der Waals surface area (Å²) in [5.74, 6) is -4.29. The molecule has 0 spiro atoms. The van der Waals surface area contributed by atoms with Crippen LogP contribution >= 0.6 is 0 Å². The molecule has 1 fully saturated rings. The molecule has 1 aromatic carbocycles. The van der Waals surface area contributed by atoms with Gasteiger partial charge in [0.25, 0.3) is 11.8 Å². The first-order valence-corrected chi connectivity index (χ1v) is 8.48. The van der Waals surface area contributed by atoms with Crippen LogP contribution < -0.4 is 0 Å². The predicted octanol–water partition coefficient (Wildman–Crippen LogP) is 1.74. The molecule has 7 heteroatoms. The maximum Gasteiger partial charge on any atom is 0.337 e. The Bertz CT molecular complexity index is 809. The number of allylic oxidation sites excluding steroid dienone is 2. The summed E-state index contributed by atoms with van der Waals surface area (Å²) in [5.41, 5.74) is 0.389. The van der Waals surface area contributed by atoms with E-state index in [0.29, 0.717) is 5.06 Å². The number of carbonyl (C=O) groups excluding carboxylic acids is 4. The fourth-order valence-corrected chi connectivity index (χ4v) is 4.17. The topological polar surface area (TPSA) is 90.0 Å². The quantitative estimate of drug-likeness (QED) is 0.466. The number of fused-ring (bicyclic) bond motifs is 3. The normalized spacial score (nSPS) is 28.9. The number of amides is 2. The summed E-state index contributed by atoms with van der Waals surface area (Å²) in [4.78, 5) is 55.0. The van der Waals surface area contributed by atoms with Crippen molar-refractivity contribution < 1.29 is 28.8 Å². The number of hydroxylamine groups is 2. The molecule has 26 heavy (non-hydrogen) atoms. The summed E-state index contributed by atoms with van der Waals surface area (Å²) in [6.45, 7) is 0. The van der Waals surface area contributed by atoms with Gasteiger partial charge in [-0.3, -0.25) is 14.4 Å². The lowest BCUT2D eigenvalue weighted by atomic mass is 9.62. The van der Waals surface area contributed by atoms with Gasteiger partial charge in [-0.1, -0.05) is 29.3 Å². The minimum atomic E-state index is -0.768. The highest BCUT2D eigenvalue weighted by molar-refractivity contribution is 6.20. The van der Waals surface area contributed by atoms with Crippen molar-refractivity contribution in [1.82, 2.24) is 5.06 Å². The Kier molecular flexibility index (Phi) is 3.86. The van der Waals surface area contributed by atoms with Gasteiger partial charge in [0.1, 0.15) is 0 Å². The summed E-state index contributed by atoms with van der Waals surface area (Å²) >= 11 is 0. The maximum absolute atomic E-state index is 12.8. The second kappa shape index (κ2) is 6.09. The monoisotopic (exact) mass is 355 g/mol. The summed E-state index contributed by atoms with van der Waals surface area (Å²) in [6, 6.07) is 6.28. The van der Waals surface area contributed by atoms with Crippen LogP contribution in [0.15, 0.2) is 36.4 Å². The second-order valence-electron chi connectivity index (χ2n) is 6.73. The van der Waals surface area contributed by atoms with Crippen LogP contribution in [-0.4, -0.2) is 35.9 Å². The van der Waals surface area contributed by atoms with Gasteiger partial charge in [-0.15, -0.1) is 0 Å². The Labute approximate surface area is 149 Å². The molecule has 1 aromatic rings. The van der Waals surface area contributed by atoms with Gasteiger partial charge in [0, 0.05) is 0 Å². The molecule has 1 aliphatic heterocycles. The molecule has 7 nitrogen and oxygen atoms in total. The lowest BCUT2D eigenvalue weighted by molar-refractivity contribution is -0.184. The molecule has 134 valence electrons. The largest absolute Gasteiger partial charge is 0.469 e. The van der Waals surface area contributed by atoms with Gasteiger partial charge in [-0.05, 0) is 36.8 Å². The highest BCUT2D eigenvalue weighted by Gasteiger charge is 2.51. The fourth-order valence-electron chi connectivity index (χ4n) is 4.17. The van der Waals surface area contributed by atoms with E-state index in [2.05, 4.69) is 0 Å². The third-order valence-electron chi connectivity index (χ3n) is 5.43. The van der Waals surface area contributed by atoms with Gasteiger partial charge in [-0.25, -0.2) is 4.79 Å². The molecule has 5 rings (SSSR count). The molecule has 2 unspecified atom stereocenters. The van der Waals surface area contributed by atoms with Crippen molar-refractivity contribution in [3.05, 3.63) is 47.5 Å². The number of hydrogen-bond donors (Lipinski definition) is 0. The number of hydrogen-bond acceptors (Lipinski definition) is 6. The van der Waals surface area contributed by atoms with Crippen LogP contribution in [0, 0.1) is 23.7 Å². The summed E-state index contributed by atoms with van der Waals surface area (Å²) in [6.07, 6.45) is 5.37. The Morgan fingerprint density at radius 1 is 0.923 bits per heavy atom. The smallest absolute Gasteiger partial charge is 0.337 e. The number of methoxy groups -OCH3 is 1. The van der Waals surface area contributed by atoms with Crippen molar-refractivity contribution >= 4 is 23.8 Å². The maximum atomic E-state index is 12.8. The van der Waals surface area contributed by atoms with Crippen molar-refractivity contribution in [3.8, 4) is 0 Å². The standard InChI is InChI=1S/C19H17NO6/c1-25-18(23)14-10-6-8-11(9-7-10)15(14)19(24)26-20-16(21)12-4-2-3-5-13(12)17(20)22/h2-6,8,10-11,14-15H,7,9H2,1H3/t10?,11?,14-,15+/m0/s1. The molecule has 4 aliphatic rings. The molecule has 0 saturated heterocycles. The van der Waals surface area contributed by atoms with E-state index in [1.165, 1.54) is 19.2 Å². The highest BCUT2D eigenvalue weighted by Crippen LogP contribution is 2.46. The number of esters is 1. The van der Waals surface area contributed by atoms with Crippen molar-refractivity contribution in [2.24, 2.45) is 23.7 Å². The van der Waals surface area contributed by atoms with Crippen LogP contribution in [-0.2, 0) is 19.2 Å². The Hall–Kier alpha value is -2.96. The molecule has 4 atom stereocenters. The highest BCUT2D eigenvalue weighted by atomic mass is 16.7. The number of rotatable bonds is 3. The number of ether oxygens (including phenoxy) is 1. The molecule has 2 amide bonds. The van der Waals surface area contributed by atoms with E-state index >= 15 is 0 Å². The third-order valence-corrected chi connectivity index (χ3v) is 5.43. The molecule has 0 aromatic heterocycles. The van der Waals surface area contributed by atoms with Crippen LogP contribution in [0.3, 0.4) is 0 Å². The third kappa shape index (κ3) is 2.34. The van der Waals surface area contributed by atoms with Gasteiger partial charge >= 0.3 is 11.9 Å². The first kappa shape index (κ1) is 16.5. The summed E-state index contributed by atoms with van der Waals surface area (Å²) in [5, 5.41) is 0.493. The molecule has 0 radical (unpaired) electrons. The van der Waals surface area contributed by atoms with Gasteiger partial charge in [-0.2, -0.15) is 0 Å². The van der Waals surface area contributed by atoms with E-state index in [-0.39, 0.29) is 23.0 Å². The first-order valence-electron chi connectivity index (χ1n) is 8.48. The minimum Gasteiger partial charge on any atom is -0.469 e. The van der Waals surface area contributed by atoms with Gasteiger partial charge in [0.2, 0.25) is 0 Å². The molecular formula is C19H17NO6. The van der Waals surface area contributed by atoms with Crippen molar-refractivity contribution in [2.75, 3.05) is 7.11 Å². The van der Waals surface area contributed by atoms with Crippen LogP contribution in [0.2, 0.25) is 0 Å². The molecule has 1 saturated carbocycles. The van der Waals surface area contributed by atoms with Crippen LogP contribution in [0.4, 0.5) is 0 Å². The van der Waals surface area contributed by atoms with E-state index in [1.54, 1.807) is 12.1 Å². The SMILES string of the molecule is COC(=O)[C@H]1C2C=CC(CC2)[C@H]1C(=O)ON1C(=O)c2ccccc2C1=O. The second-order valence-corrected chi connectivity index (χ2v) is 6.73. The molecule has 2 bridgehead atoms. The minimum absolute atomic E-state index is 0.104. The number of imide groups is 1. The fraction of sp³-hybridized carbons (Fsp3) is 0.368. The number of carbonyl (C=O) groups is 4. The van der Waals surface area contributed by atoms with Crippen LogP contribution in [0.5, 0.6) is 0 Å². The van der Waals surface area contributed by atoms with Crippen molar-refractivity contribution in [1.29, 1.82) is 0 Å². The number of benzene rings is 1. The van der Waals surface area contributed by atoms with Gasteiger partial charge < -0.3 is 9.57 Å². The zero-order valence-electron chi connectivity index (χ0n) is 14.1. The molecule has 3 aliphatic carbocycles. The average Bonchev–Trinajstić information content (AvgIpc) is 2.92. The van der Waals surface area contributed by atoms with E-state index in [0.717, 1.165) is 12.8 Å². The van der Waals surface area contributed by atoms with E-state index in [1.807, 2.05) is 12.2 Å². The zero-order chi connectivity index (χ0) is 18.4. The van der Waals surface area contributed by atoms with Crippen molar-refractivity contribution in [3.63, 3.8) is 0 Å². The van der Waals surface area contributed by atoms with Crippen molar-refractivity contribution in [2.45, 2.75) is 12.8 Å². The zero-order valence-corrected chi connectivity index (χ0v) is 14.1. The lowest BCUT2D eigenvalue weighted by Crippen LogP contribution is -2.48. The molecule has 0 N–H and O–H groups in total. The van der Waals surface area contributed by atoms with E-state index < -0.39 is 35.6 Å². The average molecular weight is 355 g/mol. The molecular weight excluding hydrogens is 338 g/mol. The van der Waals surface area contributed by atoms with Gasteiger partial charge in [0.05, 0.1) is 30.1 Å². The number of nitrogens with zero attached hydrogens (tertiary/aromatic N) is 1. The lowest BCUT2D eigenvalue weighted by Gasteiger charge is -2.41. The van der Waals surface area contributed by atoms with Gasteiger partial charge in [0.15, 0.2) is 0 Å². The molecule has 1 heterocycles. The van der Waals surface area contributed by atoms with E-state index in [9.17, 15) is 19.2 Å². The Morgan fingerprint density at radius 2 is 1.42 bits per heavy atom. The predicted molar refractivity (Wildman–Crippen MR) is 87.4 cm³/mol. The summed E-state index contributed by atoms with van der Waals surface area (Å²) in [7, 11) is 1.28. The van der Waals surface area contributed by atoms with Crippen LogP contribution in [0.25, 0.3) is 0 Å². The Morgan fingerprint density at radius 3 is 1.88 bits per heavy atom. The van der Waals surface area contributed by atoms with Crippen LogP contribution in [0.1, 0.15) is 33.6 Å². The van der Waals surface area contributed by atoms with E-state index in [4.69, 9.17) is 9.57 Å². The first-order chi connectivity index (χ1) is 12.5. The summed E-state index contributed by atoms with van der Waals surface area (Å²) < 4.78 is 4.86. The Balaban J connectivity index is 1.59.